The predicted molar refractivity (Wildman–Crippen MR) is 91.9 cm³/mol. The average Bonchev–Trinajstić information content (AvgIpc) is 2.40. The molecule has 0 radical (unpaired) electrons. The van der Waals surface area contributed by atoms with Crippen molar-refractivity contribution >= 4 is 11.9 Å². The fourth-order valence-corrected chi connectivity index (χ4v) is 1.95. The topological polar surface area (TPSA) is 65.5 Å². The van der Waals surface area contributed by atoms with Crippen LogP contribution in [0.5, 0.6) is 0 Å². The average molecular weight is 304 g/mol. The fourth-order valence-electron chi connectivity index (χ4n) is 1.95. The Morgan fingerprint density at radius 1 is 1.23 bits per heavy atom. The van der Waals surface area contributed by atoms with Gasteiger partial charge in [0, 0.05) is 12.1 Å². The van der Waals surface area contributed by atoms with Gasteiger partial charge in [-0.2, -0.15) is 0 Å². The van der Waals surface area contributed by atoms with Gasteiger partial charge in [-0.25, -0.2) is 4.99 Å². The van der Waals surface area contributed by atoms with Crippen molar-refractivity contribution in [2.75, 3.05) is 13.1 Å². The van der Waals surface area contributed by atoms with E-state index in [9.17, 15) is 4.79 Å². The van der Waals surface area contributed by atoms with Crippen LogP contribution in [0.4, 0.5) is 0 Å². The number of carbonyl (C=O) groups excluding carboxylic acids is 1. The summed E-state index contributed by atoms with van der Waals surface area (Å²) < 4.78 is 0. The molecule has 0 atom stereocenters. The van der Waals surface area contributed by atoms with Gasteiger partial charge < -0.3 is 16.0 Å². The van der Waals surface area contributed by atoms with Crippen molar-refractivity contribution < 1.29 is 4.79 Å². The van der Waals surface area contributed by atoms with Crippen LogP contribution in [0.3, 0.4) is 0 Å². The zero-order chi connectivity index (χ0) is 16.6. The molecule has 0 saturated carbocycles. The van der Waals surface area contributed by atoms with Crippen LogP contribution < -0.4 is 16.0 Å². The lowest BCUT2D eigenvalue weighted by Crippen LogP contribution is -2.48. The van der Waals surface area contributed by atoms with E-state index < -0.39 is 0 Å². The summed E-state index contributed by atoms with van der Waals surface area (Å²) in [6.07, 6.45) is 0. The van der Waals surface area contributed by atoms with Crippen LogP contribution in [-0.2, 0) is 11.3 Å². The molecular weight excluding hydrogens is 276 g/mol. The van der Waals surface area contributed by atoms with E-state index in [0.717, 1.165) is 12.1 Å². The van der Waals surface area contributed by atoms with Crippen LogP contribution in [0.25, 0.3) is 0 Å². The molecule has 1 rings (SSSR count). The first-order valence-electron chi connectivity index (χ1n) is 7.69. The van der Waals surface area contributed by atoms with Gasteiger partial charge in [0.1, 0.15) is 0 Å². The summed E-state index contributed by atoms with van der Waals surface area (Å²) in [5.41, 5.74) is 2.14. The molecule has 0 aliphatic carbocycles. The van der Waals surface area contributed by atoms with Crippen LogP contribution in [0, 0.1) is 6.92 Å². The molecule has 0 heterocycles. The number of hydrogen-bond acceptors (Lipinski definition) is 2. The highest BCUT2D eigenvalue weighted by Gasteiger charge is 2.13. The molecule has 0 aliphatic rings. The molecule has 0 unspecified atom stereocenters. The lowest BCUT2D eigenvalue weighted by Gasteiger charge is -2.21. The highest BCUT2D eigenvalue weighted by Crippen LogP contribution is 2.05. The molecule has 1 aromatic rings. The number of nitrogens with zero attached hydrogens (tertiary/aromatic N) is 1. The SMILES string of the molecule is CCNC(=NCc1cccc(C)c1)NCC(=O)NC(C)(C)C. The molecule has 0 fully saturated rings. The molecule has 0 aromatic heterocycles. The van der Waals surface area contributed by atoms with Crippen molar-refractivity contribution in [3.05, 3.63) is 35.4 Å². The van der Waals surface area contributed by atoms with Gasteiger partial charge in [-0.1, -0.05) is 29.8 Å². The summed E-state index contributed by atoms with van der Waals surface area (Å²) in [5, 5.41) is 9.11. The molecule has 1 aromatic carbocycles. The van der Waals surface area contributed by atoms with E-state index in [1.165, 1.54) is 5.56 Å². The Bertz CT molecular complexity index is 518. The smallest absolute Gasteiger partial charge is 0.239 e. The number of amides is 1. The van der Waals surface area contributed by atoms with Crippen LogP contribution in [0.1, 0.15) is 38.8 Å². The second-order valence-electron chi connectivity index (χ2n) is 6.34. The van der Waals surface area contributed by atoms with Crippen molar-refractivity contribution in [3.63, 3.8) is 0 Å². The maximum Gasteiger partial charge on any atom is 0.239 e. The number of carbonyl (C=O) groups is 1. The minimum atomic E-state index is -0.226. The molecule has 3 N–H and O–H groups in total. The number of rotatable bonds is 5. The molecule has 122 valence electrons. The summed E-state index contributed by atoms with van der Waals surface area (Å²) in [7, 11) is 0. The van der Waals surface area contributed by atoms with Gasteiger partial charge in [0.15, 0.2) is 5.96 Å². The molecule has 0 spiro atoms. The van der Waals surface area contributed by atoms with E-state index in [-0.39, 0.29) is 18.0 Å². The molecule has 0 saturated heterocycles. The Morgan fingerprint density at radius 3 is 2.55 bits per heavy atom. The van der Waals surface area contributed by atoms with Crippen molar-refractivity contribution in [1.82, 2.24) is 16.0 Å². The Morgan fingerprint density at radius 2 is 1.95 bits per heavy atom. The highest BCUT2D eigenvalue weighted by molar-refractivity contribution is 5.86. The van der Waals surface area contributed by atoms with E-state index in [4.69, 9.17) is 0 Å². The van der Waals surface area contributed by atoms with Crippen molar-refractivity contribution in [2.24, 2.45) is 4.99 Å². The van der Waals surface area contributed by atoms with E-state index in [2.05, 4.69) is 40.0 Å². The largest absolute Gasteiger partial charge is 0.357 e. The van der Waals surface area contributed by atoms with E-state index in [1.807, 2.05) is 39.8 Å². The number of nitrogens with one attached hydrogen (secondary N) is 3. The fraction of sp³-hybridized carbons (Fsp3) is 0.529. The molecule has 22 heavy (non-hydrogen) atoms. The summed E-state index contributed by atoms with van der Waals surface area (Å²) in [4.78, 5) is 16.3. The monoisotopic (exact) mass is 304 g/mol. The Kier molecular flexibility index (Phi) is 6.89. The summed E-state index contributed by atoms with van der Waals surface area (Å²) in [6.45, 7) is 11.5. The maximum absolute atomic E-state index is 11.8. The normalized spacial score (nSPS) is 12.0. The van der Waals surface area contributed by atoms with Crippen LogP contribution >= 0.6 is 0 Å². The first-order valence-corrected chi connectivity index (χ1v) is 7.69. The number of aryl methyl sites for hydroxylation is 1. The number of hydrogen-bond donors (Lipinski definition) is 3. The van der Waals surface area contributed by atoms with Crippen LogP contribution in [-0.4, -0.2) is 30.5 Å². The minimum absolute atomic E-state index is 0.0475. The molecule has 0 bridgehead atoms. The van der Waals surface area contributed by atoms with Gasteiger partial charge in [0.2, 0.25) is 5.91 Å². The standard InChI is InChI=1S/C17H28N4O/c1-6-18-16(20-12-15(22)21-17(3,4)5)19-11-14-9-7-8-13(2)10-14/h7-10H,6,11-12H2,1-5H3,(H,21,22)(H2,18,19,20). The van der Waals surface area contributed by atoms with Gasteiger partial charge >= 0.3 is 0 Å². The van der Waals surface area contributed by atoms with E-state index >= 15 is 0 Å². The van der Waals surface area contributed by atoms with E-state index in [0.29, 0.717) is 12.5 Å². The van der Waals surface area contributed by atoms with Crippen molar-refractivity contribution in [1.29, 1.82) is 0 Å². The number of benzene rings is 1. The number of guanidine groups is 1. The lowest BCUT2D eigenvalue weighted by atomic mass is 10.1. The quantitative estimate of drug-likeness (QED) is 0.575. The predicted octanol–water partition coefficient (Wildman–Crippen LogP) is 1.96. The Balaban J connectivity index is 2.57. The first-order chi connectivity index (χ1) is 10.3. The molecule has 5 heteroatoms. The minimum Gasteiger partial charge on any atom is -0.357 e. The van der Waals surface area contributed by atoms with Crippen molar-refractivity contribution in [2.45, 2.75) is 46.7 Å². The zero-order valence-electron chi connectivity index (χ0n) is 14.3. The van der Waals surface area contributed by atoms with Crippen LogP contribution in [0.15, 0.2) is 29.3 Å². The Labute approximate surface area is 133 Å². The lowest BCUT2D eigenvalue weighted by molar-refractivity contribution is -0.121. The highest BCUT2D eigenvalue weighted by atomic mass is 16.2. The summed E-state index contributed by atoms with van der Waals surface area (Å²) in [5.74, 6) is 0.599. The molecule has 1 amide bonds. The second kappa shape index (κ2) is 8.41. The van der Waals surface area contributed by atoms with E-state index in [1.54, 1.807) is 0 Å². The third-order valence-electron chi connectivity index (χ3n) is 2.78. The van der Waals surface area contributed by atoms with Gasteiger partial charge in [-0.15, -0.1) is 0 Å². The summed E-state index contributed by atoms with van der Waals surface area (Å²) in [6, 6.07) is 8.25. The zero-order valence-corrected chi connectivity index (χ0v) is 14.3. The third kappa shape index (κ3) is 7.67. The number of aliphatic imine (C=N–C) groups is 1. The second-order valence-corrected chi connectivity index (χ2v) is 6.34. The molecular formula is C17H28N4O. The Hall–Kier alpha value is -2.04. The molecule has 0 aliphatic heterocycles. The third-order valence-corrected chi connectivity index (χ3v) is 2.78. The van der Waals surface area contributed by atoms with Crippen LogP contribution in [0.2, 0.25) is 0 Å². The van der Waals surface area contributed by atoms with Gasteiger partial charge in [-0.3, -0.25) is 4.79 Å². The van der Waals surface area contributed by atoms with Crippen molar-refractivity contribution in [3.8, 4) is 0 Å². The summed E-state index contributed by atoms with van der Waals surface area (Å²) >= 11 is 0. The van der Waals surface area contributed by atoms with Gasteiger partial charge in [0.05, 0.1) is 13.1 Å². The van der Waals surface area contributed by atoms with Gasteiger partial charge in [-0.05, 0) is 40.2 Å². The molecule has 5 nitrogen and oxygen atoms in total. The maximum atomic E-state index is 11.8. The van der Waals surface area contributed by atoms with Gasteiger partial charge in [0.25, 0.3) is 0 Å². The first kappa shape index (κ1) is 18.0.